The molecule has 2 N–H and O–H groups in total. The molecule has 104 valence electrons. The summed E-state index contributed by atoms with van der Waals surface area (Å²) in [6.45, 7) is 0.408. The van der Waals surface area contributed by atoms with Gasteiger partial charge in [-0.2, -0.15) is 0 Å². The van der Waals surface area contributed by atoms with Crippen molar-refractivity contribution in [3.63, 3.8) is 0 Å². The van der Waals surface area contributed by atoms with E-state index in [1.807, 2.05) is 18.2 Å². The van der Waals surface area contributed by atoms with Crippen molar-refractivity contribution in [3.05, 3.63) is 63.1 Å². The normalized spacial score (nSPS) is 17.1. The number of hydrogen-bond donors (Lipinski definition) is 1. The summed E-state index contributed by atoms with van der Waals surface area (Å²) in [7, 11) is 0. The molecule has 1 aliphatic rings. The second-order valence-corrected chi connectivity index (χ2v) is 5.84. The SMILES string of the molecule is NC1CCc2c(OCc3cc(Cl)ccc3Cl)cccc21. The average molecular weight is 308 g/mol. The summed E-state index contributed by atoms with van der Waals surface area (Å²) >= 11 is 12.1. The van der Waals surface area contributed by atoms with Gasteiger partial charge in [0.1, 0.15) is 12.4 Å². The standard InChI is InChI=1S/C16H15Cl2NO/c17-11-4-6-14(18)10(8-11)9-20-16-3-1-2-12-13(16)5-7-15(12)19/h1-4,6,8,15H,5,7,9,19H2. The van der Waals surface area contributed by atoms with Crippen LogP contribution in [0.2, 0.25) is 10.0 Å². The third kappa shape index (κ3) is 2.64. The fourth-order valence-corrected chi connectivity index (χ4v) is 2.96. The van der Waals surface area contributed by atoms with Crippen LogP contribution in [0.3, 0.4) is 0 Å². The second-order valence-electron chi connectivity index (χ2n) is 4.99. The number of hydrogen-bond acceptors (Lipinski definition) is 2. The predicted molar refractivity (Wildman–Crippen MR) is 82.5 cm³/mol. The molecule has 0 aromatic heterocycles. The Hall–Kier alpha value is -1.22. The van der Waals surface area contributed by atoms with Crippen LogP contribution >= 0.6 is 23.2 Å². The molecule has 4 heteroatoms. The van der Waals surface area contributed by atoms with Gasteiger partial charge < -0.3 is 10.5 Å². The highest BCUT2D eigenvalue weighted by atomic mass is 35.5. The van der Waals surface area contributed by atoms with Gasteiger partial charge in [-0.05, 0) is 48.2 Å². The van der Waals surface area contributed by atoms with Crippen molar-refractivity contribution in [1.82, 2.24) is 0 Å². The van der Waals surface area contributed by atoms with Crippen LogP contribution in [0.1, 0.15) is 29.2 Å². The van der Waals surface area contributed by atoms with E-state index in [-0.39, 0.29) is 6.04 Å². The molecular weight excluding hydrogens is 293 g/mol. The van der Waals surface area contributed by atoms with Crippen LogP contribution in [0.15, 0.2) is 36.4 Å². The molecular formula is C16H15Cl2NO. The zero-order chi connectivity index (χ0) is 14.1. The third-order valence-corrected chi connectivity index (χ3v) is 4.27. The molecule has 0 saturated heterocycles. The molecule has 20 heavy (non-hydrogen) atoms. The molecule has 0 radical (unpaired) electrons. The minimum absolute atomic E-state index is 0.128. The molecule has 0 heterocycles. The number of fused-ring (bicyclic) bond motifs is 1. The summed E-state index contributed by atoms with van der Waals surface area (Å²) < 4.78 is 5.92. The average Bonchev–Trinajstić information content (AvgIpc) is 2.82. The van der Waals surface area contributed by atoms with Gasteiger partial charge in [0.2, 0.25) is 0 Å². The molecule has 0 spiro atoms. The first-order chi connectivity index (χ1) is 9.65. The fraction of sp³-hybridized carbons (Fsp3) is 0.250. The van der Waals surface area contributed by atoms with E-state index < -0.39 is 0 Å². The Labute approximate surface area is 128 Å². The molecule has 2 nitrogen and oxygen atoms in total. The fourth-order valence-electron chi connectivity index (χ4n) is 2.60. The van der Waals surface area contributed by atoms with Gasteiger partial charge in [-0.3, -0.25) is 0 Å². The predicted octanol–water partition coefficient (Wildman–Crippen LogP) is 4.52. The van der Waals surface area contributed by atoms with E-state index in [1.165, 1.54) is 11.1 Å². The highest BCUT2D eigenvalue weighted by Crippen LogP contribution is 2.36. The molecule has 2 aromatic carbocycles. The van der Waals surface area contributed by atoms with E-state index in [2.05, 4.69) is 6.07 Å². The summed E-state index contributed by atoms with van der Waals surface area (Å²) in [6.07, 6.45) is 1.95. The van der Waals surface area contributed by atoms with Crippen LogP contribution in [-0.2, 0) is 13.0 Å². The van der Waals surface area contributed by atoms with Gasteiger partial charge >= 0.3 is 0 Å². The maximum atomic E-state index is 6.14. The van der Waals surface area contributed by atoms with Crippen LogP contribution < -0.4 is 10.5 Å². The lowest BCUT2D eigenvalue weighted by atomic mass is 10.1. The molecule has 1 unspecified atom stereocenters. The van der Waals surface area contributed by atoms with Gasteiger partial charge in [0.15, 0.2) is 0 Å². The number of benzene rings is 2. The van der Waals surface area contributed by atoms with Gasteiger partial charge in [0, 0.05) is 21.7 Å². The first-order valence-electron chi connectivity index (χ1n) is 6.59. The second kappa shape index (κ2) is 5.65. The summed E-state index contributed by atoms with van der Waals surface area (Å²) in [5.41, 5.74) is 9.38. The summed E-state index contributed by atoms with van der Waals surface area (Å²) in [5, 5.41) is 1.33. The number of halogens is 2. The Kier molecular flexibility index (Phi) is 3.88. The number of ether oxygens (including phenoxy) is 1. The van der Waals surface area contributed by atoms with E-state index in [0.717, 1.165) is 24.2 Å². The Balaban J connectivity index is 1.81. The van der Waals surface area contributed by atoms with Crippen molar-refractivity contribution in [2.45, 2.75) is 25.5 Å². The van der Waals surface area contributed by atoms with E-state index in [0.29, 0.717) is 16.7 Å². The zero-order valence-electron chi connectivity index (χ0n) is 10.9. The molecule has 2 aromatic rings. The number of nitrogens with two attached hydrogens (primary N) is 1. The van der Waals surface area contributed by atoms with Crippen LogP contribution in [-0.4, -0.2) is 0 Å². The van der Waals surface area contributed by atoms with Crippen molar-refractivity contribution < 1.29 is 4.74 Å². The molecule has 3 rings (SSSR count). The van der Waals surface area contributed by atoms with Crippen molar-refractivity contribution in [1.29, 1.82) is 0 Å². The maximum absolute atomic E-state index is 6.14. The number of rotatable bonds is 3. The first kappa shape index (κ1) is 13.7. The van der Waals surface area contributed by atoms with Crippen molar-refractivity contribution in [2.24, 2.45) is 5.73 Å². The summed E-state index contributed by atoms with van der Waals surface area (Å²) in [4.78, 5) is 0. The molecule has 0 saturated carbocycles. The summed E-state index contributed by atoms with van der Waals surface area (Å²) in [6, 6.07) is 11.6. The molecule has 1 atom stereocenters. The maximum Gasteiger partial charge on any atom is 0.123 e. The zero-order valence-corrected chi connectivity index (χ0v) is 12.4. The van der Waals surface area contributed by atoms with Crippen molar-refractivity contribution >= 4 is 23.2 Å². The van der Waals surface area contributed by atoms with Crippen LogP contribution in [0.5, 0.6) is 5.75 Å². The molecule has 0 aliphatic heterocycles. The Morgan fingerprint density at radius 2 is 2.05 bits per heavy atom. The largest absolute Gasteiger partial charge is 0.489 e. The molecule has 0 bridgehead atoms. The quantitative estimate of drug-likeness (QED) is 0.905. The van der Waals surface area contributed by atoms with Crippen LogP contribution in [0.4, 0.5) is 0 Å². The van der Waals surface area contributed by atoms with Gasteiger partial charge in [0.05, 0.1) is 0 Å². The Morgan fingerprint density at radius 3 is 2.90 bits per heavy atom. The van der Waals surface area contributed by atoms with Gasteiger partial charge in [-0.1, -0.05) is 35.3 Å². The lowest BCUT2D eigenvalue weighted by molar-refractivity contribution is 0.303. The summed E-state index contributed by atoms with van der Waals surface area (Å²) in [5.74, 6) is 0.895. The van der Waals surface area contributed by atoms with Crippen molar-refractivity contribution in [2.75, 3.05) is 0 Å². The first-order valence-corrected chi connectivity index (χ1v) is 7.35. The molecule has 0 amide bonds. The van der Waals surface area contributed by atoms with Crippen LogP contribution in [0.25, 0.3) is 0 Å². The lowest BCUT2D eigenvalue weighted by Gasteiger charge is -2.12. The minimum Gasteiger partial charge on any atom is -0.489 e. The van der Waals surface area contributed by atoms with Gasteiger partial charge in [-0.25, -0.2) is 0 Å². The topological polar surface area (TPSA) is 35.2 Å². The monoisotopic (exact) mass is 307 g/mol. The third-order valence-electron chi connectivity index (χ3n) is 3.67. The van der Waals surface area contributed by atoms with Gasteiger partial charge in [0.25, 0.3) is 0 Å². The van der Waals surface area contributed by atoms with Gasteiger partial charge in [-0.15, -0.1) is 0 Å². The van der Waals surface area contributed by atoms with E-state index in [9.17, 15) is 0 Å². The smallest absolute Gasteiger partial charge is 0.123 e. The highest BCUT2D eigenvalue weighted by Gasteiger charge is 2.22. The Morgan fingerprint density at radius 1 is 1.20 bits per heavy atom. The van der Waals surface area contributed by atoms with E-state index in [4.69, 9.17) is 33.7 Å². The van der Waals surface area contributed by atoms with E-state index >= 15 is 0 Å². The Bertz CT molecular complexity index is 642. The highest BCUT2D eigenvalue weighted by molar-refractivity contribution is 6.33. The van der Waals surface area contributed by atoms with E-state index in [1.54, 1.807) is 12.1 Å². The molecule has 0 fully saturated rings. The van der Waals surface area contributed by atoms with Crippen molar-refractivity contribution in [3.8, 4) is 5.75 Å². The minimum atomic E-state index is 0.128. The molecule has 1 aliphatic carbocycles. The van der Waals surface area contributed by atoms with Crippen LogP contribution in [0, 0.1) is 0 Å². The lowest BCUT2D eigenvalue weighted by Crippen LogP contribution is -2.05.